The van der Waals surface area contributed by atoms with Gasteiger partial charge in [-0.25, -0.2) is 0 Å². The van der Waals surface area contributed by atoms with Crippen LogP contribution in [-0.2, 0) is 14.3 Å². The van der Waals surface area contributed by atoms with Crippen molar-refractivity contribution in [3.05, 3.63) is 0 Å². The van der Waals surface area contributed by atoms with Crippen LogP contribution in [0.25, 0.3) is 0 Å². The second-order valence-electron chi connectivity index (χ2n) is 4.33. The van der Waals surface area contributed by atoms with Crippen molar-refractivity contribution in [2.75, 3.05) is 13.2 Å². The topological polar surface area (TPSA) is 75.6 Å². The van der Waals surface area contributed by atoms with Crippen LogP contribution in [0.5, 0.6) is 0 Å². The van der Waals surface area contributed by atoms with E-state index in [1.807, 2.05) is 6.92 Å². The zero-order chi connectivity index (χ0) is 12.8. The average Bonchev–Trinajstić information content (AvgIpc) is 2.17. The Morgan fingerprint density at radius 2 is 2.00 bits per heavy atom. The van der Waals surface area contributed by atoms with E-state index in [1.54, 1.807) is 20.8 Å². The van der Waals surface area contributed by atoms with E-state index in [2.05, 4.69) is 5.32 Å². The van der Waals surface area contributed by atoms with Crippen molar-refractivity contribution in [2.45, 2.75) is 40.2 Å². The lowest BCUT2D eigenvalue weighted by Crippen LogP contribution is -2.37. The van der Waals surface area contributed by atoms with Gasteiger partial charge in [-0.1, -0.05) is 0 Å². The van der Waals surface area contributed by atoms with Crippen LogP contribution < -0.4 is 5.32 Å². The molecule has 1 unspecified atom stereocenters. The summed E-state index contributed by atoms with van der Waals surface area (Å²) in [7, 11) is 0. The van der Waals surface area contributed by atoms with Gasteiger partial charge in [0.2, 0.25) is 5.91 Å². The monoisotopic (exact) mass is 231 g/mol. The highest BCUT2D eigenvalue weighted by Crippen LogP contribution is 2.19. The first-order chi connectivity index (χ1) is 7.31. The van der Waals surface area contributed by atoms with Gasteiger partial charge in [-0.3, -0.25) is 9.59 Å². The molecule has 2 N–H and O–H groups in total. The highest BCUT2D eigenvalue weighted by Gasteiger charge is 2.26. The summed E-state index contributed by atoms with van der Waals surface area (Å²) in [5.74, 6) is -1.07. The Morgan fingerprint density at radius 1 is 1.44 bits per heavy atom. The molecule has 5 nitrogen and oxygen atoms in total. The maximum Gasteiger partial charge on any atom is 0.309 e. The van der Waals surface area contributed by atoms with Crippen molar-refractivity contribution in [3.8, 4) is 0 Å². The summed E-state index contributed by atoms with van der Waals surface area (Å²) in [6, 6.07) is 0. The Bertz CT molecular complexity index is 250. The molecule has 0 aliphatic carbocycles. The molecule has 5 heteroatoms. The van der Waals surface area contributed by atoms with Crippen LogP contribution in [0.4, 0.5) is 0 Å². The normalized spacial score (nSPS) is 13.2. The molecule has 0 aliphatic rings. The Hall–Kier alpha value is -1.10. The lowest BCUT2D eigenvalue weighted by Gasteiger charge is -2.19. The third kappa shape index (κ3) is 5.11. The minimum absolute atomic E-state index is 0.206. The van der Waals surface area contributed by atoms with E-state index in [0.717, 1.165) is 0 Å². The average molecular weight is 231 g/mol. The number of carboxylic acid groups (broad SMARTS) is 1. The molecule has 1 amide bonds. The molecule has 0 aromatic rings. The molecule has 1 atom stereocenters. The number of hydrogen-bond donors (Lipinski definition) is 2. The maximum absolute atomic E-state index is 11.4. The van der Waals surface area contributed by atoms with E-state index >= 15 is 0 Å². The Kier molecular flexibility index (Phi) is 6.03. The molecule has 0 bridgehead atoms. The van der Waals surface area contributed by atoms with Gasteiger partial charge in [0.25, 0.3) is 0 Å². The van der Waals surface area contributed by atoms with Crippen molar-refractivity contribution >= 4 is 11.9 Å². The van der Waals surface area contributed by atoms with Gasteiger partial charge >= 0.3 is 5.97 Å². The summed E-state index contributed by atoms with van der Waals surface area (Å²) in [6.45, 7) is 7.57. The second kappa shape index (κ2) is 6.48. The summed E-state index contributed by atoms with van der Waals surface area (Å²) >= 11 is 0. The number of ether oxygens (including phenoxy) is 1. The first kappa shape index (κ1) is 14.9. The summed E-state index contributed by atoms with van der Waals surface area (Å²) in [5.41, 5.74) is -0.817. The van der Waals surface area contributed by atoms with Gasteiger partial charge in [0.05, 0.1) is 5.41 Å². The molecule has 0 heterocycles. The van der Waals surface area contributed by atoms with Crippen molar-refractivity contribution in [1.29, 1.82) is 0 Å². The van der Waals surface area contributed by atoms with Crippen LogP contribution in [0.15, 0.2) is 0 Å². The number of rotatable bonds is 7. The van der Waals surface area contributed by atoms with Gasteiger partial charge in [0.15, 0.2) is 0 Å². The first-order valence-corrected chi connectivity index (χ1v) is 5.44. The highest BCUT2D eigenvalue weighted by molar-refractivity contribution is 5.80. The first-order valence-electron chi connectivity index (χ1n) is 5.44. The van der Waals surface area contributed by atoms with Gasteiger partial charge in [-0.05, 0) is 34.1 Å². The number of aliphatic carboxylic acids is 1. The van der Waals surface area contributed by atoms with Crippen LogP contribution in [0.1, 0.15) is 34.1 Å². The smallest absolute Gasteiger partial charge is 0.309 e. The lowest BCUT2D eigenvalue weighted by atomic mass is 9.90. The summed E-state index contributed by atoms with van der Waals surface area (Å²) in [4.78, 5) is 22.2. The van der Waals surface area contributed by atoms with Crippen molar-refractivity contribution in [1.82, 2.24) is 5.32 Å². The fraction of sp³-hybridized carbons (Fsp3) is 0.818. The largest absolute Gasteiger partial charge is 0.481 e. The predicted octanol–water partition coefficient (Wildman–Crippen LogP) is 1.03. The fourth-order valence-corrected chi connectivity index (χ4v) is 1.07. The molecule has 0 spiro atoms. The van der Waals surface area contributed by atoms with Gasteiger partial charge in [0, 0.05) is 13.2 Å². The third-order valence-corrected chi connectivity index (χ3v) is 2.41. The Morgan fingerprint density at radius 3 is 2.44 bits per heavy atom. The standard InChI is InChI=1S/C11H21NO4/c1-5-16-8(2)9(13)12-7-6-11(3,4)10(14)15/h8H,5-7H2,1-4H3,(H,12,13)(H,14,15). The van der Waals surface area contributed by atoms with Gasteiger partial charge < -0.3 is 15.2 Å². The molecule has 0 radical (unpaired) electrons. The molecule has 0 rings (SSSR count). The fourth-order valence-electron chi connectivity index (χ4n) is 1.07. The van der Waals surface area contributed by atoms with Crippen LogP contribution in [0, 0.1) is 5.41 Å². The Balaban J connectivity index is 3.90. The molecule has 0 aliphatic heterocycles. The van der Waals surface area contributed by atoms with E-state index in [-0.39, 0.29) is 5.91 Å². The highest BCUT2D eigenvalue weighted by atomic mass is 16.5. The van der Waals surface area contributed by atoms with Crippen LogP contribution >= 0.6 is 0 Å². The minimum atomic E-state index is -0.861. The molecule has 0 saturated heterocycles. The van der Waals surface area contributed by atoms with E-state index in [9.17, 15) is 9.59 Å². The number of amides is 1. The summed E-state index contributed by atoms with van der Waals surface area (Å²) in [5, 5.41) is 11.5. The van der Waals surface area contributed by atoms with Crippen LogP contribution in [-0.4, -0.2) is 36.2 Å². The van der Waals surface area contributed by atoms with E-state index in [4.69, 9.17) is 9.84 Å². The molecule has 0 fully saturated rings. The predicted molar refractivity (Wildman–Crippen MR) is 60.1 cm³/mol. The SMILES string of the molecule is CCOC(C)C(=O)NCCC(C)(C)C(=O)O. The second-order valence-corrected chi connectivity index (χ2v) is 4.33. The van der Waals surface area contributed by atoms with E-state index < -0.39 is 17.5 Å². The number of carboxylic acids is 1. The van der Waals surface area contributed by atoms with E-state index in [0.29, 0.717) is 19.6 Å². The minimum Gasteiger partial charge on any atom is -0.481 e. The molecule has 0 aromatic heterocycles. The van der Waals surface area contributed by atoms with Crippen LogP contribution in [0.2, 0.25) is 0 Å². The number of carbonyl (C=O) groups excluding carboxylic acids is 1. The number of carbonyl (C=O) groups is 2. The molecular formula is C11H21NO4. The lowest BCUT2D eigenvalue weighted by molar-refractivity contribution is -0.147. The molecular weight excluding hydrogens is 210 g/mol. The van der Waals surface area contributed by atoms with Crippen LogP contribution in [0.3, 0.4) is 0 Å². The summed E-state index contributed by atoms with van der Waals surface area (Å²) in [6.07, 6.45) is -0.0923. The van der Waals surface area contributed by atoms with Gasteiger partial charge in [0.1, 0.15) is 6.10 Å². The number of nitrogens with one attached hydrogen (secondary N) is 1. The van der Waals surface area contributed by atoms with Crippen molar-refractivity contribution in [3.63, 3.8) is 0 Å². The molecule has 16 heavy (non-hydrogen) atoms. The third-order valence-electron chi connectivity index (χ3n) is 2.41. The quantitative estimate of drug-likeness (QED) is 0.686. The van der Waals surface area contributed by atoms with Crippen molar-refractivity contribution in [2.24, 2.45) is 5.41 Å². The zero-order valence-electron chi connectivity index (χ0n) is 10.4. The molecule has 0 saturated carbocycles. The van der Waals surface area contributed by atoms with E-state index in [1.165, 1.54) is 0 Å². The zero-order valence-corrected chi connectivity index (χ0v) is 10.4. The summed E-state index contributed by atoms with van der Waals surface area (Å²) < 4.78 is 5.11. The Labute approximate surface area is 96.2 Å². The maximum atomic E-state index is 11.4. The number of hydrogen-bond acceptors (Lipinski definition) is 3. The van der Waals surface area contributed by atoms with Gasteiger partial charge in [-0.15, -0.1) is 0 Å². The molecule has 94 valence electrons. The molecule has 0 aromatic carbocycles. The van der Waals surface area contributed by atoms with Gasteiger partial charge in [-0.2, -0.15) is 0 Å². The van der Waals surface area contributed by atoms with Crippen molar-refractivity contribution < 1.29 is 19.4 Å².